The minimum Gasteiger partial charge on any atom is -0.457 e. The van der Waals surface area contributed by atoms with E-state index in [0.717, 1.165) is 11.3 Å². The largest absolute Gasteiger partial charge is 0.457 e. The number of aryl methyl sites for hydroxylation is 1. The summed E-state index contributed by atoms with van der Waals surface area (Å²) in [6.07, 6.45) is 5.59. The van der Waals surface area contributed by atoms with Crippen LogP contribution in [0.25, 0.3) is 0 Å². The van der Waals surface area contributed by atoms with Gasteiger partial charge in [-0.3, -0.25) is 14.5 Å². The lowest BCUT2D eigenvalue weighted by molar-refractivity contribution is -0.124. The average Bonchev–Trinajstić information content (AvgIpc) is 3.49. The third-order valence-electron chi connectivity index (χ3n) is 7.08. The number of para-hydroxylation sites is 1. The second-order valence-corrected chi connectivity index (χ2v) is 8.53. The van der Waals surface area contributed by atoms with Crippen LogP contribution in [0.3, 0.4) is 0 Å². The van der Waals surface area contributed by atoms with Gasteiger partial charge in [0.1, 0.15) is 11.5 Å². The molecule has 0 N–H and O–H groups in total. The second kappa shape index (κ2) is 5.57. The lowest BCUT2D eigenvalue weighted by atomic mass is 9.63. The Labute approximate surface area is 163 Å². The van der Waals surface area contributed by atoms with Crippen LogP contribution in [0.4, 0.5) is 5.69 Å². The maximum absolute atomic E-state index is 13.2. The number of ether oxygens (including phenoxy) is 1. The van der Waals surface area contributed by atoms with Crippen molar-refractivity contribution in [2.24, 2.45) is 35.5 Å². The smallest absolute Gasteiger partial charge is 0.238 e. The molecule has 2 amide bonds. The Bertz CT molecular complexity index is 988. The van der Waals surface area contributed by atoms with Crippen molar-refractivity contribution < 1.29 is 14.3 Å². The molecule has 5 aliphatic rings. The molecule has 28 heavy (non-hydrogen) atoms. The topological polar surface area (TPSA) is 46.6 Å². The minimum absolute atomic E-state index is 0.0210. The van der Waals surface area contributed by atoms with Gasteiger partial charge in [-0.05, 0) is 72.9 Å². The number of allylic oxidation sites excluding steroid dienone is 2. The summed E-state index contributed by atoms with van der Waals surface area (Å²) < 4.78 is 5.94. The number of imide groups is 1. The Balaban J connectivity index is 1.27. The van der Waals surface area contributed by atoms with Crippen LogP contribution in [-0.4, -0.2) is 11.8 Å². The first kappa shape index (κ1) is 16.1. The fourth-order valence-corrected chi connectivity index (χ4v) is 5.67. The molecule has 2 aromatic rings. The molecule has 4 aliphatic carbocycles. The molecule has 2 aromatic carbocycles. The third kappa shape index (κ3) is 2.12. The van der Waals surface area contributed by atoms with Gasteiger partial charge in [-0.1, -0.05) is 30.4 Å². The number of benzene rings is 2. The van der Waals surface area contributed by atoms with E-state index in [9.17, 15) is 9.59 Å². The SMILES string of the molecule is Cc1ccccc1Oc1ccc(N2C(=O)[C@@H]3[C@H]4C=C[C@H]([C@H]5C[C@H]45)[C@@H]3C2=O)cc1. The normalized spacial score (nSPS) is 34.4. The highest BCUT2D eigenvalue weighted by molar-refractivity contribution is 6.22. The number of nitrogens with zero attached hydrogens (tertiary/aromatic N) is 1. The van der Waals surface area contributed by atoms with Gasteiger partial charge < -0.3 is 4.74 Å². The number of carbonyl (C=O) groups excluding carboxylic acids is 2. The summed E-state index contributed by atoms with van der Waals surface area (Å²) in [6, 6.07) is 15.1. The Morgan fingerprint density at radius 1 is 0.857 bits per heavy atom. The predicted octanol–water partition coefficient (Wildman–Crippen LogP) is 4.34. The van der Waals surface area contributed by atoms with Gasteiger partial charge >= 0.3 is 0 Å². The van der Waals surface area contributed by atoms with E-state index in [2.05, 4.69) is 12.2 Å². The average molecular weight is 371 g/mol. The van der Waals surface area contributed by atoms with Crippen LogP contribution in [0, 0.1) is 42.4 Å². The van der Waals surface area contributed by atoms with Crippen molar-refractivity contribution >= 4 is 17.5 Å². The molecular formula is C24H21NO3. The van der Waals surface area contributed by atoms with Crippen molar-refractivity contribution in [2.75, 3.05) is 4.90 Å². The molecule has 1 heterocycles. The molecule has 6 atom stereocenters. The van der Waals surface area contributed by atoms with Crippen molar-refractivity contribution in [3.8, 4) is 11.5 Å². The van der Waals surface area contributed by atoms with Crippen LogP contribution in [0.2, 0.25) is 0 Å². The highest BCUT2D eigenvalue weighted by Gasteiger charge is 2.67. The summed E-state index contributed by atoms with van der Waals surface area (Å²) >= 11 is 0. The van der Waals surface area contributed by atoms with Gasteiger partial charge in [0.25, 0.3) is 0 Å². The first-order valence-corrected chi connectivity index (χ1v) is 10.0. The molecule has 4 nitrogen and oxygen atoms in total. The quantitative estimate of drug-likeness (QED) is 0.595. The fraction of sp³-hybridized carbons (Fsp3) is 0.333. The van der Waals surface area contributed by atoms with Gasteiger partial charge in [0.15, 0.2) is 0 Å². The lowest BCUT2D eigenvalue weighted by Gasteiger charge is -2.37. The number of hydrogen-bond acceptors (Lipinski definition) is 3. The van der Waals surface area contributed by atoms with Crippen LogP contribution < -0.4 is 9.64 Å². The molecule has 0 radical (unpaired) electrons. The molecule has 0 aromatic heterocycles. The number of carbonyl (C=O) groups is 2. The Kier molecular flexibility index (Phi) is 3.20. The van der Waals surface area contributed by atoms with E-state index in [-0.39, 0.29) is 35.5 Å². The minimum atomic E-state index is -0.158. The van der Waals surface area contributed by atoms with Crippen molar-refractivity contribution in [1.82, 2.24) is 0 Å². The van der Waals surface area contributed by atoms with Crippen LogP contribution in [-0.2, 0) is 9.59 Å². The number of rotatable bonds is 3. The van der Waals surface area contributed by atoms with Gasteiger partial charge in [0.05, 0.1) is 17.5 Å². The Morgan fingerprint density at radius 2 is 1.46 bits per heavy atom. The summed E-state index contributed by atoms with van der Waals surface area (Å²) in [5.41, 5.74) is 1.71. The van der Waals surface area contributed by atoms with E-state index in [1.807, 2.05) is 55.5 Å². The van der Waals surface area contributed by atoms with Crippen molar-refractivity contribution in [1.29, 1.82) is 0 Å². The van der Waals surface area contributed by atoms with E-state index >= 15 is 0 Å². The fourth-order valence-electron chi connectivity index (χ4n) is 5.67. The van der Waals surface area contributed by atoms with Crippen LogP contribution in [0.1, 0.15) is 12.0 Å². The van der Waals surface area contributed by atoms with Gasteiger partial charge in [-0.25, -0.2) is 0 Å². The van der Waals surface area contributed by atoms with E-state index < -0.39 is 0 Å². The van der Waals surface area contributed by atoms with Crippen molar-refractivity contribution in [2.45, 2.75) is 13.3 Å². The maximum atomic E-state index is 13.2. The zero-order valence-electron chi connectivity index (χ0n) is 15.6. The maximum Gasteiger partial charge on any atom is 0.238 e. The standard InChI is InChI=1S/C24H21NO3/c1-13-4-2-3-5-20(13)28-15-8-6-14(7-9-15)25-23(26)21-16-10-11-17(19-12-18(16)19)22(21)24(25)27/h2-11,16-19,21-22H,12H2,1H3/t16-,17+,18-,19-,21+,22-/m1/s1. The number of amides is 2. The summed E-state index contributed by atoms with van der Waals surface area (Å²) in [6.45, 7) is 2.00. The lowest BCUT2D eigenvalue weighted by Crippen LogP contribution is -2.40. The third-order valence-corrected chi connectivity index (χ3v) is 7.08. The Morgan fingerprint density at radius 3 is 2.07 bits per heavy atom. The molecule has 2 bridgehead atoms. The molecule has 1 aliphatic heterocycles. The number of anilines is 1. The van der Waals surface area contributed by atoms with Crippen molar-refractivity contribution in [3.05, 3.63) is 66.2 Å². The molecule has 4 heteroatoms. The van der Waals surface area contributed by atoms with E-state index in [1.165, 1.54) is 11.3 Å². The predicted molar refractivity (Wildman–Crippen MR) is 105 cm³/mol. The van der Waals surface area contributed by atoms with Gasteiger partial charge in [-0.2, -0.15) is 0 Å². The first-order valence-electron chi connectivity index (χ1n) is 10.0. The van der Waals surface area contributed by atoms with Gasteiger partial charge in [0.2, 0.25) is 11.8 Å². The monoisotopic (exact) mass is 371 g/mol. The summed E-state index contributed by atoms with van der Waals surface area (Å²) in [5.74, 6) is 2.89. The van der Waals surface area contributed by atoms with E-state index in [4.69, 9.17) is 4.74 Å². The molecule has 140 valence electrons. The molecule has 3 fully saturated rings. The molecular weight excluding hydrogens is 350 g/mol. The molecule has 0 unspecified atom stereocenters. The molecule has 1 saturated heterocycles. The van der Waals surface area contributed by atoms with E-state index in [0.29, 0.717) is 23.3 Å². The zero-order chi connectivity index (χ0) is 19.0. The second-order valence-electron chi connectivity index (χ2n) is 8.53. The van der Waals surface area contributed by atoms with Crippen molar-refractivity contribution in [3.63, 3.8) is 0 Å². The highest BCUT2D eigenvalue weighted by atomic mass is 16.5. The summed E-state index contributed by atoms with van der Waals surface area (Å²) in [4.78, 5) is 27.8. The summed E-state index contributed by atoms with van der Waals surface area (Å²) in [7, 11) is 0. The van der Waals surface area contributed by atoms with Crippen LogP contribution in [0.5, 0.6) is 11.5 Å². The molecule has 0 spiro atoms. The molecule has 2 saturated carbocycles. The summed E-state index contributed by atoms with van der Waals surface area (Å²) in [5, 5.41) is 0. The number of hydrogen-bond donors (Lipinski definition) is 0. The zero-order valence-corrected chi connectivity index (χ0v) is 15.6. The first-order chi connectivity index (χ1) is 13.6. The highest BCUT2D eigenvalue weighted by Crippen LogP contribution is 2.65. The van der Waals surface area contributed by atoms with Crippen LogP contribution in [0.15, 0.2) is 60.7 Å². The van der Waals surface area contributed by atoms with Crippen LogP contribution >= 0.6 is 0 Å². The van der Waals surface area contributed by atoms with Gasteiger partial charge in [-0.15, -0.1) is 0 Å². The van der Waals surface area contributed by atoms with Gasteiger partial charge in [0, 0.05) is 0 Å². The Hall–Kier alpha value is -2.88. The molecule has 7 rings (SSSR count). The van der Waals surface area contributed by atoms with E-state index in [1.54, 1.807) is 0 Å².